The fraction of sp³-hybridized carbons (Fsp3) is 0.810. The fourth-order valence-corrected chi connectivity index (χ4v) is 7.52. The van der Waals surface area contributed by atoms with Crippen molar-refractivity contribution in [3.8, 4) is 0 Å². The van der Waals surface area contributed by atoms with E-state index >= 15 is 0 Å². The molecule has 0 aliphatic heterocycles. The molecule has 4 heteroatoms. The van der Waals surface area contributed by atoms with Gasteiger partial charge in [0, 0.05) is 5.41 Å². The minimum Gasteiger partial charge on any atom is -0.481 e. The summed E-state index contributed by atoms with van der Waals surface area (Å²) in [7, 11) is 0. The maximum absolute atomic E-state index is 12.2. The van der Waals surface area contributed by atoms with Gasteiger partial charge in [-0.15, -0.1) is 0 Å². The maximum atomic E-state index is 12.2. The van der Waals surface area contributed by atoms with Crippen LogP contribution in [0.4, 0.5) is 0 Å². The molecule has 3 saturated carbocycles. The topological polar surface area (TPSA) is 74.6 Å². The van der Waals surface area contributed by atoms with Crippen LogP contribution in [0.3, 0.4) is 0 Å². The van der Waals surface area contributed by atoms with Crippen LogP contribution in [0.1, 0.15) is 65.2 Å². The number of carboxylic acids is 2. The second-order valence-electron chi connectivity index (χ2n) is 9.67. The highest BCUT2D eigenvalue weighted by Crippen LogP contribution is 2.70. The van der Waals surface area contributed by atoms with E-state index < -0.39 is 17.4 Å². The summed E-state index contributed by atoms with van der Waals surface area (Å²) in [5, 5.41) is 19.9. The first-order valence-electron chi connectivity index (χ1n) is 9.89. The molecule has 1 spiro atoms. The van der Waals surface area contributed by atoms with Gasteiger partial charge in [-0.2, -0.15) is 0 Å². The zero-order valence-corrected chi connectivity index (χ0v) is 15.3. The molecule has 138 valence electrons. The Morgan fingerprint density at radius 1 is 1.00 bits per heavy atom. The largest absolute Gasteiger partial charge is 0.481 e. The number of allylic oxidation sites excluding steroid dienone is 2. The van der Waals surface area contributed by atoms with E-state index in [9.17, 15) is 19.8 Å². The highest BCUT2D eigenvalue weighted by Gasteiger charge is 2.66. The van der Waals surface area contributed by atoms with Gasteiger partial charge in [-0.1, -0.05) is 31.9 Å². The number of carbonyl (C=O) groups is 2. The zero-order chi connectivity index (χ0) is 18.0. The van der Waals surface area contributed by atoms with Crippen LogP contribution < -0.4 is 0 Å². The SMILES string of the molecule is CC1(C(=O)O)CCCCC2(C)C1CCC13C=CC(CC1C(=O)O)CC23. The van der Waals surface area contributed by atoms with Crippen LogP contribution in [0.2, 0.25) is 0 Å². The first kappa shape index (κ1) is 17.1. The van der Waals surface area contributed by atoms with Crippen molar-refractivity contribution in [1.29, 1.82) is 0 Å². The van der Waals surface area contributed by atoms with E-state index in [0.717, 1.165) is 51.4 Å². The molecule has 5 aliphatic rings. The standard InChI is InChI=1S/C21H30O4/c1-19-7-3-4-8-20(2,18(24)25)15(19)6-10-21-9-5-13(12-16(19)21)11-14(21)17(22)23/h5,9,13-16H,3-4,6-8,10-12H2,1-2H3,(H,22,23)(H,24,25). The minimum absolute atomic E-state index is 0.0704. The fourth-order valence-electron chi connectivity index (χ4n) is 7.52. The lowest BCUT2D eigenvalue weighted by molar-refractivity contribution is -0.182. The number of hydrogen-bond donors (Lipinski definition) is 2. The Labute approximate surface area is 149 Å². The van der Waals surface area contributed by atoms with E-state index in [1.54, 1.807) is 0 Å². The van der Waals surface area contributed by atoms with E-state index in [1.807, 2.05) is 6.92 Å². The van der Waals surface area contributed by atoms with Crippen molar-refractivity contribution < 1.29 is 19.8 Å². The van der Waals surface area contributed by atoms with Gasteiger partial charge in [-0.05, 0) is 68.6 Å². The van der Waals surface area contributed by atoms with Crippen molar-refractivity contribution in [1.82, 2.24) is 0 Å². The number of hydrogen-bond acceptors (Lipinski definition) is 2. The smallest absolute Gasteiger partial charge is 0.309 e. The Bertz CT molecular complexity index is 640. The molecule has 5 rings (SSSR count). The number of fused-ring (bicyclic) bond motifs is 2. The van der Waals surface area contributed by atoms with Gasteiger partial charge in [0.2, 0.25) is 0 Å². The predicted octanol–water partition coefficient (Wildman–Crippen LogP) is 4.35. The number of carboxylic acid groups (broad SMARTS) is 2. The second-order valence-corrected chi connectivity index (χ2v) is 9.67. The summed E-state index contributed by atoms with van der Waals surface area (Å²) in [6.45, 7) is 4.25. The molecule has 0 amide bonds. The van der Waals surface area contributed by atoms with Crippen LogP contribution in [0.25, 0.3) is 0 Å². The molecule has 2 bridgehead atoms. The van der Waals surface area contributed by atoms with Crippen LogP contribution in [-0.4, -0.2) is 22.2 Å². The van der Waals surface area contributed by atoms with Crippen molar-refractivity contribution in [2.24, 2.45) is 39.9 Å². The van der Waals surface area contributed by atoms with E-state index in [2.05, 4.69) is 19.1 Å². The first-order chi connectivity index (χ1) is 11.7. The van der Waals surface area contributed by atoms with Crippen LogP contribution in [0.15, 0.2) is 12.2 Å². The van der Waals surface area contributed by atoms with Crippen LogP contribution in [0.5, 0.6) is 0 Å². The first-order valence-corrected chi connectivity index (χ1v) is 9.89. The highest BCUT2D eigenvalue weighted by atomic mass is 16.4. The third-order valence-electron chi connectivity index (χ3n) is 8.73. The Hall–Kier alpha value is -1.32. The van der Waals surface area contributed by atoms with Crippen molar-refractivity contribution in [3.05, 3.63) is 12.2 Å². The molecule has 0 heterocycles. The van der Waals surface area contributed by atoms with Gasteiger partial charge < -0.3 is 10.2 Å². The molecular formula is C21H30O4. The van der Waals surface area contributed by atoms with Gasteiger partial charge in [0.25, 0.3) is 0 Å². The van der Waals surface area contributed by atoms with Crippen molar-refractivity contribution in [2.75, 3.05) is 0 Å². The summed E-state index contributed by atoms with van der Waals surface area (Å²) in [5.74, 6) is -0.803. The lowest BCUT2D eigenvalue weighted by Gasteiger charge is -2.65. The molecule has 0 aromatic carbocycles. The monoisotopic (exact) mass is 346 g/mol. The molecule has 2 N–H and O–H groups in total. The van der Waals surface area contributed by atoms with Crippen molar-refractivity contribution in [2.45, 2.75) is 65.2 Å². The molecule has 7 atom stereocenters. The molecule has 0 saturated heterocycles. The number of aliphatic carboxylic acids is 2. The molecule has 4 nitrogen and oxygen atoms in total. The van der Waals surface area contributed by atoms with Crippen LogP contribution in [-0.2, 0) is 9.59 Å². The van der Waals surface area contributed by atoms with Gasteiger partial charge in [-0.3, -0.25) is 9.59 Å². The predicted molar refractivity (Wildman–Crippen MR) is 94.0 cm³/mol. The lowest BCUT2D eigenvalue weighted by atomic mass is 9.38. The van der Waals surface area contributed by atoms with Crippen LogP contribution >= 0.6 is 0 Å². The Morgan fingerprint density at radius 2 is 1.72 bits per heavy atom. The maximum Gasteiger partial charge on any atom is 0.309 e. The molecule has 0 aromatic rings. The summed E-state index contributed by atoms with van der Waals surface area (Å²) >= 11 is 0. The third kappa shape index (κ3) is 2.12. The molecule has 0 aromatic heterocycles. The molecule has 5 aliphatic carbocycles. The zero-order valence-electron chi connectivity index (χ0n) is 15.3. The summed E-state index contributed by atoms with van der Waals surface area (Å²) in [6.07, 6.45) is 11.8. The highest BCUT2D eigenvalue weighted by molar-refractivity contribution is 5.75. The lowest BCUT2D eigenvalue weighted by Crippen LogP contribution is -2.61. The van der Waals surface area contributed by atoms with Gasteiger partial charge >= 0.3 is 11.9 Å². The van der Waals surface area contributed by atoms with E-state index in [-0.39, 0.29) is 22.7 Å². The molecular weight excluding hydrogens is 316 g/mol. The summed E-state index contributed by atoms with van der Waals surface area (Å²) in [4.78, 5) is 24.2. The third-order valence-corrected chi connectivity index (χ3v) is 8.73. The molecule has 0 radical (unpaired) electrons. The van der Waals surface area contributed by atoms with E-state index in [1.165, 1.54) is 0 Å². The van der Waals surface area contributed by atoms with Gasteiger partial charge in [0.1, 0.15) is 0 Å². The summed E-state index contributed by atoms with van der Waals surface area (Å²) < 4.78 is 0. The minimum atomic E-state index is -0.675. The molecule has 7 unspecified atom stereocenters. The van der Waals surface area contributed by atoms with Crippen LogP contribution in [0, 0.1) is 39.9 Å². The van der Waals surface area contributed by atoms with E-state index in [4.69, 9.17) is 0 Å². The molecule has 3 fully saturated rings. The quantitative estimate of drug-likeness (QED) is 0.729. The van der Waals surface area contributed by atoms with E-state index in [0.29, 0.717) is 11.8 Å². The second kappa shape index (κ2) is 5.34. The number of rotatable bonds is 2. The Kier molecular flexibility index (Phi) is 3.66. The van der Waals surface area contributed by atoms with Crippen molar-refractivity contribution in [3.63, 3.8) is 0 Å². The van der Waals surface area contributed by atoms with Gasteiger partial charge in [-0.25, -0.2) is 0 Å². The van der Waals surface area contributed by atoms with Crippen molar-refractivity contribution >= 4 is 11.9 Å². The molecule has 25 heavy (non-hydrogen) atoms. The Morgan fingerprint density at radius 3 is 2.40 bits per heavy atom. The Balaban J connectivity index is 1.81. The average Bonchev–Trinajstić information content (AvgIpc) is 2.71. The average molecular weight is 346 g/mol. The normalized spacial score (nSPS) is 51.3. The summed E-state index contributed by atoms with van der Waals surface area (Å²) in [6, 6.07) is 0. The van der Waals surface area contributed by atoms with Gasteiger partial charge in [0.15, 0.2) is 0 Å². The summed E-state index contributed by atoms with van der Waals surface area (Å²) in [5.41, 5.74) is -0.999. The van der Waals surface area contributed by atoms with Gasteiger partial charge in [0.05, 0.1) is 11.3 Å².